The van der Waals surface area contributed by atoms with Crippen LogP contribution in [0.2, 0.25) is 5.02 Å². The molecule has 1 aromatic rings. The zero-order valence-corrected chi connectivity index (χ0v) is 10.5. The maximum absolute atomic E-state index is 12.0. The second kappa shape index (κ2) is 5.32. The number of carbonyl (C=O) groups is 1. The molecule has 3 nitrogen and oxygen atoms in total. The average molecular weight is 242 g/mol. The van der Waals surface area contributed by atoms with Crippen LogP contribution >= 0.6 is 11.6 Å². The Morgan fingerprint density at radius 1 is 1.56 bits per heavy atom. The number of hydrogen-bond acceptors (Lipinski definition) is 2. The molecule has 1 unspecified atom stereocenters. The number of hydrogen-bond donors (Lipinski definition) is 1. The fourth-order valence-corrected chi connectivity index (χ4v) is 1.70. The van der Waals surface area contributed by atoms with Crippen molar-refractivity contribution >= 4 is 17.5 Å². The second-order valence-corrected chi connectivity index (χ2v) is 4.35. The number of rotatable bonds is 3. The fourth-order valence-electron chi connectivity index (χ4n) is 1.52. The molecule has 0 aliphatic heterocycles. The molecule has 1 rings (SSSR count). The van der Waals surface area contributed by atoms with E-state index in [4.69, 9.17) is 11.6 Å². The molecule has 4 heteroatoms. The SMILES string of the molecule is Cc1c(Cl)cccc1C(=O)N(C)CC(C)O. The molecular formula is C12H16ClNO2. The van der Waals surface area contributed by atoms with Crippen LogP contribution in [-0.4, -0.2) is 35.6 Å². The van der Waals surface area contributed by atoms with Crippen molar-refractivity contribution in [1.82, 2.24) is 4.90 Å². The standard InChI is InChI=1S/C12H16ClNO2/c1-8(15)7-14(3)12(16)10-5-4-6-11(13)9(10)2/h4-6,8,15H,7H2,1-3H3. The molecule has 0 radical (unpaired) electrons. The van der Waals surface area contributed by atoms with Crippen molar-refractivity contribution in [3.8, 4) is 0 Å². The van der Waals surface area contributed by atoms with Gasteiger partial charge >= 0.3 is 0 Å². The quantitative estimate of drug-likeness (QED) is 0.881. The first kappa shape index (κ1) is 13.0. The number of aliphatic hydroxyl groups excluding tert-OH is 1. The number of nitrogens with zero attached hydrogens (tertiary/aromatic N) is 1. The highest BCUT2D eigenvalue weighted by atomic mass is 35.5. The molecule has 1 amide bonds. The van der Waals surface area contributed by atoms with Gasteiger partial charge in [0.25, 0.3) is 5.91 Å². The molecule has 1 aromatic carbocycles. The van der Waals surface area contributed by atoms with Gasteiger partial charge in [-0.15, -0.1) is 0 Å². The van der Waals surface area contributed by atoms with Crippen LogP contribution in [0.1, 0.15) is 22.8 Å². The monoisotopic (exact) mass is 241 g/mol. The van der Waals surface area contributed by atoms with E-state index in [-0.39, 0.29) is 5.91 Å². The Morgan fingerprint density at radius 3 is 2.75 bits per heavy atom. The van der Waals surface area contributed by atoms with Crippen molar-refractivity contribution in [2.75, 3.05) is 13.6 Å². The first-order chi connectivity index (χ1) is 7.43. The van der Waals surface area contributed by atoms with Crippen molar-refractivity contribution in [3.05, 3.63) is 34.3 Å². The van der Waals surface area contributed by atoms with Gasteiger partial charge in [0, 0.05) is 24.2 Å². The molecule has 1 N–H and O–H groups in total. The second-order valence-electron chi connectivity index (χ2n) is 3.95. The third-order valence-electron chi connectivity index (χ3n) is 2.38. The fraction of sp³-hybridized carbons (Fsp3) is 0.417. The zero-order chi connectivity index (χ0) is 12.3. The van der Waals surface area contributed by atoms with Gasteiger partial charge in [-0.25, -0.2) is 0 Å². The average Bonchev–Trinajstić information content (AvgIpc) is 2.20. The number of aliphatic hydroxyl groups is 1. The molecule has 0 spiro atoms. The van der Waals surface area contributed by atoms with Crippen molar-refractivity contribution in [3.63, 3.8) is 0 Å². The molecule has 0 saturated carbocycles. The van der Waals surface area contributed by atoms with Crippen LogP contribution in [0.4, 0.5) is 0 Å². The van der Waals surface area contributed by atoms with Gasteiger partial charge in [0.15, 0.2) is 0 Å². The Kier molecular flexibility index (Phi) is 4.33. The van der Waals surface area contributed by atoms with Crippen molar-refractivity contribution < 1.29 is 9.90 Å². The summed E-state index contributed by atoms with van der Waals surface area (Å²) in [6, 6.07) is 5.24. The number of amides is 1. The van der Waals surface area contributed by atoms with Crippen LogP contribution < -0.4 is 0 Å². The Hall–Kier alpha value is -1.06. The van der Waals surface area contributed by atoms with E-state index in [9.17, 15) is 9.90 Å². The maximum Gasteiger partial charge on any atom is 0.254 e. The molecule has 0 saturated heterocycles. The van der Waals surface area contributed by atoms with E-state index in [0.717, 1.165) is 5.56 Å². The van der Waals surface area contributed by atoms with Crippen LogP contribution in [-0.2, 0) is 0 Å². The molecule has 0 aliphatic carbocycles. The molecule has 0 aliphatic rings. The van der Waals surface area contributed by atoms with Gasteiger partial charge in [-0.2, -0.15) is 0 Å². The van der Waals surface area contributed by atoms with Crippen LogP contribution in [0.15, 0.2) is 18.2 Å². The number of carbonyl (C=O) groups excluding carboxylic acids is 1. The summed E-state index contributed by atoms with van der Waals surface area (Å²) in [5, 5.41) is 9.80. The maximum atomic E-state index is 12.0. The summed E-state index contributed by atoms with van der Waals surface area (Å²) < 4.78 is 0. The Morgan fingerprint density at radius 2 is 2.19 bits per heavy atom. The highest BCUT2D eigenvalue weighted by molar-refractivity contribution is 6.31. The van der Waals surface area contributed by atoms with E-state index >= 15 is 0 Å². The first-order valence-corrected chi connectivity index (χ1v) is 5.50. The lowest BCUT2D eigenvalue weighted by Gasteiger charge is -2.20. The summed E-state index contributed by atoms with van der Waals surface area (Å²) >= 11 is 5.95. The number of halogens is 1. The minimum absolute atomic E-state index is 0.124. The normalized spacial score (nSPS) is 12.3. The van der Waals surface area contributed by atoms with Gasteiger partial charge in [-0.3, -0.25) is 4.79 Å². The first-order valence-electron chi connectivity index (χ1n) is 5.12. The van der Waals surface area contributed by atoms with Gasteiger partial charge < -0.3 is 10.0 Å². The lowest BCUT2D eigenvalue weighted by Crippen LogP contribution is -2.33. The smallest absolute Gasteiger partial charge is 0.254 e. The largest absolute Gasteiger partial charge is 0.392 e. The summed E-state index contributed by atoms with van der Waals surface area (Å²) in [6.07, 6.45) is -0.534. The summed E-state index contributed by atoms with van der Waals surface area (Å²) in [6.45, 7) is 3.77. The van der Waals surface area contributed by atoms with Gasteiger partial charge in [-0.05, 0) is 31.5 Å². The molecule has 0 fully saturated rings. The number of benzene rings is 1. The molecule has 1 atom stereocenters. The van der Waals surface area contributed by atoms with Crippen LogP contribution in [0.25, 0.3) is 0 Å². The van der Waals surface area contributed by atoms with Crippen molar-refractivity contribution in [2.24, 2.45) is 0 Å². The predicted octanol–water partition coefficient (Wildman–Crippen LogP) is 2.10. The van der Waals surface area contributed by atoms with Crippen LogP contribution in [0.5, 0.6) is 0 Å². The molecule has 0 bridgehead atoms. The van der Waals surface area contributed by atoms with E-state index in [0.29, 0.717) is 17.1 Å². The predicted molar refractivity (Wildman–Crippen MR) is 64.8 cm³/mol. The third kappa shape index (κ3) is 2.97. The van der Waals surface area contributed by atoms with Crippen LogP contribution in [0.3, 0.4) is 0 Å². The summed E-state index contributed by atoms with van der Waals surface area (Å²) in [7, 11) is 1.66. The van der Waals surface area contributed by atoms with E-state index in [2.05, 4.69) is 0 Å². The van der Waals surface area contributed by atoms with Crippen molar-refractivity contribution in [1.29, 1.82) is 0 Å². The lowest BCUT2D eigenvalue weighted by atomic mass is 10.1. The van der Waals surface area contributed by atoms with Crippen molar-refractivity contribution in [2.45, 2.75) is 20.0 Å². The van der Waals surface area contributed by atoms with E-state index in [1.807, 2.05) is 6.92 Å². The Labute approximate surface area is 101 Å². The zero-order valence-electron chi connectivity index (χ0n) is 9.70. The highest BCUT2D eigenvalue weighted by Crippen LogP contribution is 2.19. The van der Waals surface area contributed by atoms with Gasteiger partial charge in [0.05, 0.1) is 6.10 Å². The summed E-state index contributed by atoms with van der Waals surface area (Å²) in [5.41, 5.74) is 1.35. The van der Waals surface area contributed by atoms with E-state index in [1.165, 1.54) is 4.90 Å². The minimum Gasteiger partial charge on any atom is -0.392 e. The third-order valence-corrected chi connectivity index (χ3v) is 2.79. The molecule has 88 valence electrons. The summed E-state index contributed by atoms with van der Waals surface area (Å²) in [5.74, 6) is -0.124. The van der Waals surface area contributed by atoms with Gasteiger partial charge in [-0.1, -0.05) is 17.7 Å². The molecule has 0 heterocycles. The van der Waals surface area contributed by atoms with Gasteiger partial charge in [0.2, 0.25) is 0 Å². The minimum atomic E-state index is -0.534. The highest BCUT2D eigenvalue weighted by Gasteiger charge is 2.16. The molecular weight excluding hydrogens is 226 g/mol. The molecule has 16 heavy (non-hydrogen) atoms. The Balaban J connectivity index is 2.92. The van der Waals surface area contributed by atoms with E-state index in [1.54, 1.807) is 32.2 Å². The van der Waals surface area contributed by atoms with Gasteiger partial charge in [0.1, 0.15) is 0 Å². The van der Waals surface area contributed by atoms with Crippen LogP contribution in [0, 0.1) is 6.92 Å². The van der Waals surface area contributed by atoms with E-state index < -0.39 is 6.10 Å². The number of likely N-dealkylation sites (N-methyl/N-ethyl adjacent to an activating group) is 1. The summed E-state index contributed by atoms with van der Waals surface area (Å²) in [4.78, 5) is 13.5. The topological polar surface area (TPSA) is 40.5 Å². The Bertz CT molecular complexity index is 391. The molecule has 0 aromatic heterocycles. The lowest BCUT2D eigenvalue weighted by molar-refractivity contribution is 0.0703.